The predicted octanol–water partition coefficient (Wildman–Crippen LogP) is 4.61. The minimum absolute atomic E-state index is 0.0569. The highest BCUT2D eigenvalue weighted by Crippen LogP contribution is 2.38. The van der Waals surface area contributed by atoms with Gasteiger partial charge in [0.1, 0.15) is 5.75 Å². The van der Waals surface area contributed by atoms with Gasteiger partial charge >= 0.3 is 6.03 Å². The maximum atomic E-state index is 12.7. The molecular weight excluding hydrogens is 368 g/mol. The van der Waals surface area contributed by atoms with Crippen LogP contribution in [0.4, 0.5) is 10.5 Å². The van der Waals surface area contributed by atoms with Crippen molar-refractivity contribution < 1.29 is 14.1 Å². The Bertz CT molecular complexity index is 801. The first-order valence-electron chi connectivity index (χ1n) is 10.8. The number of hydrogen-bond acceptors (Lipinski definition) is 5. The first-order valence-corrected chi connectivity index (χ1v) is 10.8. The quantitative estimate of drug-likeness (QED) is 0.657. The fourth-order valence-electron chi connectivity index (χ4n) is 3.69. The first-order chi connectivity index (χ1) is 14.2. The van der Waals surface area contributed by atoms with Crippen LogP contribution in [0.5, 0.6) is 5.75 Å². The zero-order valence-corrected chi connectivity index (χ0v) is 17.1. The fraction of sp³-hybridized carbons (Fsp3) is 0.591. The molecule has 0 unspecified atom stereocenters. The lowest BCUT2D eigenvalue weighted by molar-refractivity contribution is 0.173. The average molecular weight is 399 g/mol. The van der Waals surface area contributed by atoms with E-state index in [0.717, 1.165) is 62.5 Å². The Hall–Kier alpha value is -2.57. The van der Waals surface area contributed by atoms with Crippen molar-refractivity contribution in [3.8, 4) is 5.75 Å². The second-order valence-corrected chi connectivity index (χ2v) is 8.14. The van der Waals surface area contributed by atoms with E-state index < -0.39 is 0 Å². The van der Waals surface area contributed by atoms with Gasteiger partial charge in [-0.15, -0.1) is 0 Å². The van der Waals surface area contributed by atoms with E-state index in [-0.39, 0.29) is 6.03 Å². The van der Waals surface area contributed by atoms with Crippen molar-refractivity contribution in [2.24, 2.45) is 5.92 Å². The van der Waals surface area contributed by atoms with Crippen molar-refractivity contribution in [2.45, 2.75) is 57.8 Å². The van der Waals surface area contributed by atoms with Crippen LogP contribution in [0.3, 0.4) is 0 Å². The Kier molecular flexibility index (Phi) is 6.32. The smallest absolute Gasteiger partial charge is 0.321 e. The molecule has 0 radical (unpaired) electrons. The zero-order valence-electron chi connectivity index (χ0n) is 17.1. The molecule has 1 aromatic carbocycles. The SMILES string of the molecule is CCCCOc1ccc(NC(=O)N2CCC[C@H](Cc3nc(C4CC4)no3)C2)cc1. The minimum Gasteiger partial charge on any atom is -0.494 e. The monoisotopic (exact) mass is 398 g/mol. The number of ether oxygens (including phenoxy) is 1. The summed E-state index contributed by atoms with van der Waals surface area (Å²) in [6.45, 7) is 4.35. The number of urea groups is 1. The number of nitrogens with one attached hydrogen (secondary N) is 1. The molecule has 4 rings (SSSR count). The lowest BCUT2D eigenvalue weighted by Crippen LogP contribution is -2.42. The third-order valence-corrected chi connectivity index (χ3v) is 5.57. The summed E-state index contributed by atoms with van der Waals surface area (Å²) in [4.78, 5) is 19.1. The number of aromatic nitrogens is 2. The van der Waals surface area contributed by atoms with Gasteiger partial charge in [0.05, 0.1) is 6.61 Å². The van der Waals surface area contributed by atoms with E-state index in [4.69, 9.17) is 9.26 Å². The lowest BCUT2D eigenvalue weighted by Gasteiger charge is -2.32. The van der Waals surface area contributed by atoms with Crippen LogP contribution >= 0.6 is 0 Å². The zero-order chi connectivity index (χ0) is 20.1. The summed E-state index contributed by atoms with van der Waals surface area (Å²) in [5, 5.41) is 7.09. The number of amides is 2. The molecule has 1 atom stereocenters. The highest BCUT2D eigenvalue weighted by molar-refractivity contribution is 5.89. The number of likely N-dealkylation sites (tertiary alicyclic amines) is 1. The van der Waals surface area contributed by atoms with Gasteiger partial charge in [-0.25, -0.2) is 4.79 Å². The van der Waals surface area contributed by atoms with Gasteiger partial charge in [0.25, 0.3) is 0 Å². The van der Waals surface area contributed by atoms with E-state index in [1.165, 1.54) is 12.8 Å². The van der Waals surface area contributed by atoms with Gasteiger partial charge in [-0.1, -0.05) is 18.5 Å². The Morgan fingerprint density at radius 3 is 2.86 bits per heavy atom. The van der Waals surface area contributed by atoms with Crippen LogP contribution in [0.2, 0.25) is 0 Å². The first kappa shape index (κ1) is 19.7. The summed E-state index contributed by atoms with van der Waals surface area (Å²) in [5.41, 5.74) is 0.783. The van der Waals surface area contributed by atoms with Gasteiger partial charge in [-0.3, -0.25) is 0 Å². The highest BCUT2D eigenvalue weighted by Gasteiger charge is 2.30. The molecule has 1 saturated heterocycles. The van der Waals surface area contributed by atoms with Crippen LogP contribution < -0.4 is 10.1 Å². The fourth-order valence-corrected chi connectivity index (χ4v) is 3.69. The number of nitrogens with zero attached hydrogens (tertiary/aromatic N) is 3. The minimum atomic E-state index is -0.0569. The molecule has 2 aliphatic rings. The molecule has 2 amide bonds. The molecule has 0 bridgehead atoms. The van der Waals surface area contributed by atoms with E-state index in [1.807, 2.05) is 29.2 Å². The molecule has 2 fully saturated rings. The second kappa shape index (κ2) is 9.29. The van der Waals surface area contributed by atoms with Crippen molar-refractivity contribution in [2.75, 3.05) is 25.0 Å². The number of carbonyl (C=O) groups excluding carboxylic acids is 1. The predicted molar refractivity (Wildman–Crippen MR) is 110 cm³/mol. The molecule has 1 aromatic heterocycles. The summed E-state index contributed by atoms with van der Waals surface area (Å²) in [5.74, 6) is 3.26. The Morgan fingerprint density at radius 1 is 1.28 bits per heavy atom. The van der Waals surface area contributed by atoms with Gasteiger partial charge in [0.15, 0.2) is 5.82 Å². The van der Waals surface area contributed by atoms with Gasteiger partial charge in [-0.05, 0) is 62.3 Å². The highest BCUT2D eigenvalue weighted by atomic mass is 16.5. The Labute approximate surface area is 171 Å². The molecule has 1 N–H and O–H groups in total. The molecule has 1 saturated carbocycles. The topological polar surface area (TPSA) is 80.5 Å². The van der Waals surface area contributed by atoms with Crippen molar-refractivity contribution in [1.29, 1.82) is 0 Å². The second-order valence-electron chi connectivity index (χ2n) is 8.14. The molecular formula is C22H30N4O3. The van der Waals surface area contributed by atoms with Crippen molar-refractivity contribution in [3.63, 3.8) is 0 Å². The summed E-state index contributed by atoms with van der Waals surface area (Å²) in [7, 11) is 0. The van der Waals surface area contributed by atoms with Gasteiger partial charge in [0, 0.05) is 31.1 Å². The van der Waals surface area contributed by atoms with Gasteiger partial charge < -0.3 is 19.5 Å². The lowest BCUT2D eigenvalue weighted by atomic mass is 9.95. The van der Waals surface area contributed by atoms with Crippen LogP contribution in [-0.2, 0) is 6.42 Å². The van der Waals surface area contributed by atoms with Crippen molar-refractivity contribution in [1.82, 2.24) is 15.0 Å². The van der Waals surface area contributed by atoms with E-state index in [2.05, 4.69) is 22.4 Å². The van der Waals surface area contributed by atoms with Crippen LogP contribution in [0, 0.1) is 5.92 Å². The Morgan fingerprint density at radius 2 is 2.10 bits per heavy atom. The van der Waals surface area contributed by atoms with Crippen LogP contribution in [-0.4, -0.2) is 40.8 Å². The summed E-state index contributed by atoms with van der Waals surface area (Å²) >= 11 is 0. The maximum Gasteiger partial charge on any atom is 0.321 e. The van der Waals surface area contributed by atoms with E-state index in [9.17, 15) is 4.79 Å². The molecule has 0 spiro atoms. The maximum absolute atomic E-state index is 12.7. The normalized spacial score (nSPS) is 19.2. The largest absolute Gasteiger partial charge is 0.494 e. The van der Waals surface area contributed by atoms with E-state index in [0.29, 0.717) is 24.3 Å². The number of carbonyl (C=O) groups is 1. The number of anilines is 1. The number of piperidine rings is 1. The number of benzene rings is 1. The molecule has 156 valence electrons. The summed E-state index contributed by atoms with van der Waals surface area (Å²) in [6.07, 6.45) is 7.30. The van der Waals surface area contributed by atoms with Crippen LogP contribution in [0.1, 0.15) is 63.1 Å². The average Bonchev–Trinajstić information content (AvgIpc) is 3.49. The van der Waals surface area contributed by atoms with Crippen LogP contribution in [0.15, 0.2) is 28.8 Å². The third-order valence-electron chi connectivity index (χ3n) is 5.57. The molecule has 2 heterocycles. The molecule has 7 heteroatoms. The van der Waals surface area contributed by atoms with E-state index in [1.54, 1.807) is 0 Å². The molecule has 2 aromatic rings. The van der Waals surface area contributed by atoms with Gasteiger partial charge in [-0.2, -0.15) is 4.98 Å². The number of rotatable bonds is 8. The van der Waals surface area contributed by atoms with Crippen LogP contribution in [0.25, 0.3) is 0 Å². The molecule has 1 aliphatic heterocycles. The van der Waals surface area contributed by atoms with E-state index >= 15 is 0 Å². The molecule has 29 heavy (non-hydrogen) atoms. The number of hydrogen-bond donors (Lipinski definition) is 1. The third kappa shape index (κ3) is 5.49. The van der Waals surface area contributed by atoms with Gasteiger partial charge in [0.2, 0.25) is 5.89 Å². The summed E-state index contributed by atoms with van der Waals surface area (Å²) < 4.78 is 11.1. The Balaban J connectivity index is 1.26. The van der Waals surface area contributed by atoms with Crippen molar-refractivity contribution >= 4 is 11.7 Å². The number of unbranched alkanes of at least 4 members (excludes halogenated alkanes) is 1. The molecule has 1 aliphatic carbocycles. The standard InChI is InChI=1S/C22H30N4O3/c1-2-3-13-28-19-10-8-18(9-11-19)23-22(27)26-12-4-5-16(15-26)14-20-24-21(25-29-20)17-6-7-17/h8-11,16-17H,2-7,12-15H2,1H3,(H,23,27)/t16-/m1/s1. The summed E-state index contributed by atoms with van der Waals surface area (Å²) in [6, 6.07) is 7.52. The molecule has 7 nitrogen and oxygen atoms in total. The van der Waals surface area contributed by atoms with Crippen molar-refractivity contribution in [3.05, 3.63) is 36.0 Å².